The van der Waals surface area contributed by atoms with Gasteiger partial charge in [0.2, 0.25) is 0 Å². The molecule has 1 aromatic heterocycles. The summed E-state index contributed by atoms with van der Waals surface area (Å²) in [5, 5.41) is 13.6. The van der Waals surface area contributed by atoms with Gasteiger partial charge in [-0.05, 0) is 19.9 Å². The van der Waals surface area contributed by atoms with Gasteiger partial charge in [-0.1, -0.05) is 0 Å². The molecule has 17 heavy (non-hydrogen) atoms. The summed E-state index contributed by atoms with van der Waals surface area (Å²) in [7, 11) is 2.08. The SMILES string of the molecule is CN1Cc2c(C#N)nn(C3CCOCC3)c2C1. The maximum atomic E-state index is 9.13. The minimum Gasteiger partial charge on any atom is -0.381 e. The van der Waals surface area contributed by atoms with E-state index in [1.807, 2.05) is 0 Å². The van der Waals surface area contributed by atoms with E-state index < -0.39 is 0 Å². The van der Waals surface area contributed by atoms with Gasteiger partial charge in [0, 0.05) is 31.9 Å². The zero-order valence-corrected chi connectivity index (χ0v) is 10.0. The van der Waals surface area contributed by atoms with Crippen LogP contribution in [0.2, 0.25) is 0 Å². The molecule has 0 amide bonds. The van der Waals surface area contributed by atoms with E-state index in [4.69, 9.17) is 10.00 Å². The molecule has 5 nitrogen and oxygen atoms in total. The molecule has 0 aromatic carbocycles. The van der Waals surface area contributed by atoms with E-state index in [2.05, 4.69) is 27.8 Å². The van der Waals surface area contributed by atoms with Crippen LogP contribution in [0, 0.1) is 11.3 Å². The van der Waals surface area contributed by atoms with Crippen LogP contribution in [0.1, 0.15) is 35.8 Å². The van der Waals surface area contributed by atoms with Gasteiger partial charge in [-0.2, -0.15) is 10.4 Å². The predicted octanol–water partition coefficient (Wildman–Crippen LogP) is 1.05. The zero-order valence-electron chi connectivity index (χ0n) is 10.0. The first-order valence-corrected chi connectivity index (χ1v) is 6.06. The minimum atomic E-state index is 0.408. The molecule has 0 bridgehead atoms. The van der Waals surface area contributed by atoms with E-state index in [0.29, 0.717) is 11.7 Å². The van der Waals surface area contributed by atoms with Crippen molar-refractivity contribution >= 4 is 0 Å². The molecule has 90 valence electrons. The van der Waals surface area contributed by atoms with Crippen LogP contribution >= 0.6 is 0 Å². The van der Waals surface area contributed by atoms with Crippen molar-refractivity contribution in [2.45, 2.75) is 32.0 Å². The normalized spacial score (nSPS) is 21.4. The highest BCUT2D eigenvalue weighted by atomic mass is 16.5. The number of nitriles is 1. The van der Waals surface area contributed by atoms with Crippen molar-refractivity contribution in [2.75, 3.05) is 20.3 Å². The standard InChI is InChI=1S/C12H16N4O/c1-15-7-10-11(6-13)14-16(12(10)8-15)9-2-4-17-5-3-9/h9H,2-5,7-8H2,1H3. The number of fused-ring (bicyclic) bond motifs is 1. The van der Waals surface area contributed by atoms with E-state index >= 15 is 0 Å². The van der Waals surface area contributed by atoms with Gasteiger partial charge >= 0.3 is 0 Å². The van der Waals surface area contributed by atoms with E-state index in [0.717, 1.165) is 44.7 Å². The fraction of sp³-hybridized carbons (Fsp3) is 0.667. The van der Waals surface area contributed by atoms with E-state index in [9.17, 15) is 0 Å². The van der Waals surface area contributed by atoms with E-state index in [1.54, 1.807) is 0 Å². The summed E-state index contributed by atoms with van der Waals surface area (Å²) in [5.74, 6) is 0. The van der Waals surface area contributed by atoms with Gasteiger partial charge in [0.05, 0.1) is 11.7 Å². The first-order valence-electron chi connectivity index (χ1n) is 6.06. The molecule has 0 radical (unpaired) electrons. The number of ether oxygens (including phenoxy) is 1. The lowest BCUT2D eigenvalue weighted by Crippen LogP contribution is -2.23. The fourth-order valence-electron chi connectivity index (χ4n) is 2.74. The Kier molecular flexibility index (Phi) is 2.61. The Morgan fingerprint density at radius 2 is 2.12 bits per heavy atom. The van der Waals surface area contributed by atoms with E-state index in [-0.39, 0.29) is 0 Å². The van der Waals surface area contributed by atoms with Crippen LogP contribution in [0.25, 0.3) is 0 Å². The van der Waals surface area contributed by atoms with Crippen LogP contribution in [-0.2, 0) is 17.8 Å². The summed E-state index contributed by atoms with van der Waals surface area (Å²) in [6.45, 7) is 3.36. The number of nitrogens with zero attached hydrogens (tertiary/aromatic N) is 4. The largest absolute Gasteiger partial charge is 0.381 e. The summed E-state index contributed by atoms with van der Waals surface area (Å²) in [6.07, 6.45) is 2.01. The second-order valence-corrected chi connectivity index (χ2v) is 4.85. The second kappa shape index (κ2) is 4.13. The van der Waals surface area contributed by atoms with Gasteiger partial charge in [-0.3, -0.25) is 9.58 Å². The van der Waals surface area contributed by atoms with Crippen LogP contribution in [0.4, 0.5) is 0 Å². The number of aromatic nitrogens is 2. The average molecular weight is 232 g/mol. The molecule has 0 aliphatic carbocycles. The molecular formula is C12H16N4O. The Labute approximate surface area is 101 Å². The Balaban J connectivity index is 1.98. The summed E-state index contributed by atoms with van der Waals surface area (Å²) in [4.78, 5) is 2.23. The van der Waals surface area contributed by atoms with Crippen molar-refractivity contribution in [3.63, 3.8) is 0 Å². The molecule has 0 atom stereocenters. The van der Waals surface area contributed by atoms with Gasteiger partial charge in [0.25, 0.3) is 0 Å². The molecule has 5 heteroatoms. The van der Waals surface area contributed by atoms with Crippen molar-refractivity contribution in [1.29, 1.82) is 5.26 Å². The fourth-order valence-corrected chi connectivity index (χ4v) is 2.74. The zero-order chi connectivity index (χ0) is 11.8. The molecule has 0 saturated carbocycles. The number of rotatable bonds is 1. The molecule has 0 unspecified atom stereocenters. The van der Waals surface area contributed by atoms with Crippen molar-refractivity contribution in [3.8, 4) is 6.07 Å². The quantitative estimate of drug-likeness (QED) is 0.726. The third-order valence-electron chi connectivity index (χ3n) is 3.61. The van der Waals surface area contributed by atoms with Crippen molar-refractivity contribution < 1.29 is 4.74 Å². The summed E-state index contributed by atoms with van der Waals surface area (Å²) in [5.41, 5.74) is 2.97. The molecule has 0 N–H and O–H groups in total. The average Bonchev–Trinajstić information content (AvgIpc) is 2.87. The molecule has 1 fully saturated rings. The molecule has 2 aliphatic heterocycles. The van der Waals surface area contributed by atoms with Crippen LogP contribution in [0.3, 0.4) is 0 Å². The lowest BCUT2D eigenvalue weighted by atomic mass is 10.1. The number of hydrogen-bond donors (Lipinski definition) is 0. The summed E-state index contributed by atoms with van der Waals surface area (Å²) >= 11 is 0. The Morgan fingerprint density at radius 1 is 1.35 bits per heavy atom. The van der Waals surface area contributed by atoms with E-state index in [1.165, 1.54) is 5.69 Å². The molecule has 2 aliphatic rings. The Hall–Kier alpha value is -1.38. The predicted molar refractivity (Wildman–Crippen MR) is 61.2 cm³/mol. The monoisotopic (exact) mass is 232 g/mol. The highest BCUT2D eigenvalue weighted by Gasteiger charge is 2.29. The number of hydrogen-bond acceptors (Lipinski definition) is 4. The summed E-state index contributed by atoms with van der Waals surface area (Å²) in [6, 6.07) is 2.63. The van der Waals surface area contributed by atoms with Crippen molar-refractivity contribution in [1.82, 2.24) is 14.7 Å². The highest BCUT2D eigenvalue weighted by Crippen LogP contribution is 2.30. The summed E-state index contributed by atoms with van der Waals surface area (Å²) < 4.78 is 7.46. The minimum absolute atomic E-state index is 0.408. The van der Waals surface area contributed by atoms with Gasteiger partial charge in [-0.25, -0.2) is 0 Å². The molecule has 1 saturated heterocycles. The lowest BCUT2D eigenvalue weighted by molar-refractivity contribution is 0.0650. The van der Waals surface area contributed by atoms with Gasteiger partial charge in [0.1, 0.15) is 6.07 Å². The maximum absolute atomic E-state index is 9.13. The van der Waals surface area contributed by atoms with Gasteiger partial charge < -0.3 is 4.74 Å². The smallest absolute Gasteiger partial charge is 0.167 e. The van der Waals surface area contributed by atoms with Crippen LogP contribution < -0.4 is 0 Å². The molecular weight excluding hydrogens is 216 g/mol. The topological polar surface area (TPSA) is 54.1 Å². The van der Waals surface area contributed by atoms with Crippen LogP contribution in [0.5, 0.6) is 0 Å². The third kappa shape index (κ3) is 1.74. The van der Waals surface area contributed by atoms with Crippen molar-refractivity contribution in [2.24, 2.45) is 0 Å². The Morgan fingerprint density at radius 3 is 2.82 bits per heavy atom. The molecule has 3 rings (SSSR count). The van der Waals surface area contributed by atoms with Crippen LogP contribution in [0.15, 0.2) is 0 Å². The highest BCUT2D eigenvalue weighted by molar-refractivity contribution is 5.37. The second-order valence-electron chi connectivity index (χ2n) is 4.85. The van der Waals surface area contributed by atoms with Gasteiger partial charge in [-0.15, -0.1) is 0 Å². The third-order valence-corrected chi connectivity index (χ3v) is 3.61. The first-order chi connectivity index (χ1) is 8.29. The lowest BCUT2D eigenvalue weighted by Gasteiger charge is -2.24. The molecule has 3 heterocycles. The Bertz CT molecular complexity index is 468. The van der Waals surface area contributed by atoms with Crippen molar-refractivity contribution in [3.05, 3.63) is 17.0 Å². The van der Waals surface area contributed by atoms with Gasteiger partial charge in [0.15, 0.2) is 5.69 Å². The maximum Gasteiger partial charge on any atom is 0.167 e. The first kappa shape index (κ1) is 10.8. The van der Waals surface area contributed by atoms with Crippen LogP contribution in [-0.4, -0.2) is 34.9 Å². The molecule has 0 spiro atoms. The molecule has 1 aromatic rings.